The van der Waals surface area contributed by atoms with Gasteiger partial charge in [0, 0.05) is 11.0 Å². The molecule has 2 aromatic carbocycles. The van der Waals surface area contributed by atoms with Crippen LogP contribution in [-0.2, 0) is 14.3 Å². The number of rotatable bonds is 6. The lowest BCUT2D eigenvalue weighted by Gasteiger charge is -2.08. The van der Waals surface area contributed by atoms with E-state index in [1.165, 1.54) is 11.8 Å². The summed E-state index contributed by atoms with van der Waals surface area (Å²) in [6.07, 6.45) is 0. The second kappa shape index (κ2) is 8.44. The van der Waals surface area contributed by atoms with Crippen molar-refractivity contribution >= 4 is 29.3 Å². The normalized spacial score (nSPS) is 10.3. The van der Waals surface area contributed by atoms with Crippen LogP contribution in [0.15, 0.2) is 47.4 Å². The minimum atomic E-state index is -0.772. The van der Waals surface area contributed by atoms with E-state index in [1.54, 1.807) is 0 Å². The van der Waals surface area contributed by atoms with E-state index in [2.05, 4.69) is 5.32 Å². The summed E-state index contributed by atoms with van der Waals surface area (Å²) in [6, 6.07) is 10.3. The molecule has 4 nitrogen and oxygen atoms in total. The van der Waals surface area contributed by atoms with Crippen molar-refractivity contribution in [3.05, 3.63) is 59.7 Å². The van der Waals surface area contributed by atoms with Gasteiger partial charge in [0.15, 0.2) is 6.61 Å². The summed E-state index contributed by atoms with van der Waals surface area (Å²) in [5.41, 5.74) is 0.736. The maximum absolute atomic E-state index is 13.4. The zero-order chi connectivity index (χ0) is 17.5. The van der Waals surface area contributed by atoms with E-state index in [-0.39, 0.29) is 11.4 Å². The van der Waals surface area contributed by atoms with Gasteiger partial charge >= 0.3 is 5.97 Å². The molecule has 0 atom stereocenters. The van der Waals surface area contributed by atoms with E-state index in [0.717, 1.165) is 28.7 Å². The molecule has 0 aromatic heterocycles. The van der Waals surface area contributed by atoms with Crippen molar-refractivity contribution in [1.82, 2.24) is 0 Å². The van der Waals surface area contributed by atoms with Crippen molar-refractivity contribution in [2.24, 2.45) is 0 Å². The number of carbonyl (C=O) groups excluding carboxylic acids is 2. The summed E-state index contributed by atoms with van der Waals surface area (Å²) in [5, 5.41) is 2.15. The fourth-order valence-electron chi connectivity index (χ4n) is 1.82. The molecular formula is C17H15F2NO3S. The first-order valence-corrected chi connectivity index (χ1v) is 8.03. The average molecular weight is 351 g/mol. The molecule has 0 bridgehead atoms. The van der Waals surface area contributed by atoms with E-state index >= 15 is 0 Å². The summed E-state index contributed by atoms with van der Waals surface area (Å²) in [7, 11) is 0. The van der Waals surface area contributed by atoms with Crippen LogP contribution in [0.3, 0.4) is 0 Å². The molecule has 2 aromatic rings. The van der Waals surface area contributed by atoms with Crippen molar-refractivity contribution in [1.29, 1.82) is 0 Å². The Kier molecular flexibility index (Phi) is 6.31. The predicted molar refractivity (Wildman–Crippen MR) is 87.8 cm³/mol. The molecule has 0 fully saturated rings. The Morgan fingerprint density at radius 3 is 2.67 bits per heavy atom. The highest BCUT2D eigenvalue weighted by Crippen LogP contribution is 2.21. The minimum Gasteiger partial charge on any atom is -0.455 e. The molecule has 0 spiro atoms. The second-order valence-corrected chi connectivity index (χ2v) is 5.90. The molecule has 0 saturated carbocycles. The predicted octanol–water partition coefficient (Wildman–Crippen LogP) is 3.55. The van der Waals surface area contributed by atoms with Crippen molar-refractivity contribution in [3.63, 3.8) is 0 Å². The van der Waals surface area contributed by atoms with E-state index < -0.39 is 30.1 Å². The first-order valence-electron chi connectivity index (χ1n) is 7.04. The smallest absolute Gasteiger partial charge is 0.316 e. The molecule has 24 heavy (non-hydrogen) atoms. The van der Waals surface area contributed by atoms with Crippen LogP contribution in [0.1, 0.15) is 5.56 Å². The third-order valence-corrected chi connectivity index (χ3v) is 4.15. The largest absolute Gasteiger partial charge is 0.455 e. The SMILES string of the molecule is Cc1ccccc1SCC(=O)OCC(=O)Nc1cc(F)ccc1F. The van der Waals surface area contributed by atoms with Crippen molar-refractivity contribution in [2.45, 2.75) is 11.8 Å². The van der Waals surface area contributed by atoms with Gasteiger partial charge in [0.25, 0.3) is 5.91 Å². The molecule has 0 aliphatic heterocycles. The third-order valence-electron chi connectivity index (χ3n) is 3.01. The van der Waals surface area contributed by atoms with Gasteiger partial charge in [0.1, 0.15) is 11.6 Å². The summed E-state index contributed by atoms with van der Waals surface area (Å²) < 4.78 is 31.2. The Balaban J connectivity index is 1.78. The average Bonchev–Trinajstić information content (AvgIpc) is 2.55. The molecule has 7 heteroatoms. The van der Waals surface area contributed by atoms with E-state index in [1.807, 2.05) is 31.2 Å². The molecule has 2 rings (SSSR count). The van der Waals surface area contributed by atoms with E-state index in [4.69, 9.17) is 4.74 Å². The number of ether oxygens (including phenoxy) is 1. The molecule has 0 heterocycles. The molecule has 0 aliphatic rings. The highest BCUT2D eigenvalue weighted by atomic mass is 32.2. The van der Waals surface area contributed by atoms with Crippen LogP contribution in [-0.4, -0.2) is 24.2 Å². The molecule has 0 unspecified atom stereocenters. The highest BCUT2D eigenvalue weighted by Gasteiger charge is 2.11. The number of amides is 1. The summed E-state index contributed by atoms with van der Waals surface area (Å²) >= 11 is 1.30. The Morgan fingerprint density at radius 1 is 1.17 bits per heavy atom. The minimum absolute atomic E-state index is 0.0481. The lowest BCUT2D eigenvalue weighted by atomic mass is 10.2. The summed E-state index contributed by atoms with van der Waals surface area (Å²) in [5.74, 6) is -2.72. The van der Waals surface area contributed by atoms with Gasteiger partial charge in [-0.15, -0.1) is 11.8 Å². The van der Waals surface area contributed by atoms with Gasteiger partial charge in [-0.3, -0.25) is 9.59 Å². The first kappa shape index (κ1) is 17.9. The molecule has 0 aliphatic carbocycles. The highest BCUT2D eigenvalue weighted by molar-refractivity contribution is 8.00. The van der Waals surface area contributed by atoms with Crippen LogP contribution in [0.25, 0.3) is 0 Å². The molecule has 0 radical (unpaired) electrons. The molecule has 126 valence electrons. The van der Waals surface area contributed by atoms with Crippen molar-refractivity contribution in [2.75, 3.05) is 17.7 Å². The number of esters is 1. The summed E-state index contributed by atoms with van der Waals surface area (Å²) in [4.78, 5) is 24.2. The van der Waals surface area contributed by atoms with Gasteiger partial charge in [-0.25, -0.2) is 8.78 Å². The van der Waals surface area contributed by atoms with Crippen LogP contribution >= 0.6 is 11.8 Å². The number of anilines is 1. The maximum atomic E-state index is 13.4. The lowest BCUT2D eigenvalue weighted by Crippen LogP contribution is -2.22. The standard InChI is InChI=1S/C17H15F2NO3S/c1-11-4-2-3-5-15(11)24-10-17(22)23-9-16(21)20-14-8-12(18)6-7-13(14)19/h2-8H,9-10H2,1H3,(H,20,21). The van der Waals surface area contributed by atoms with Crippen LogP contribution in [0.2, 0.25) is 0 Å². The molecule has 1 N–H and O–H groups in total. The van der Waals surface area contributed by atoms with E-state index in [9.17, 15) is 18.4 Å². The Labute approximate surface area is 142 Å². The van der Waals surface area contributed by atoms with Gasteiger partial charge in [0.2, 0.25) is 0 Å². The Morgan fingerprint density at radius 2 is 1.92 bits per heavy atom. The van der Waals surface area contributed by atoms with Crippen LogP contribution in [0, 0.1) is 18.6 Å². The number of nitrogens with one attached hydrogen (secondary N) is 1. The fourth-order valence-corrected chi connectivity index (χ4v) is 2.65. The van der Waals surface area contributed by atoms with Crippen LogP contribution < -0.4 is 5.32 Å². The van der Waals surface area contributed by atoms with E-state index in [0.29, 0.717) is 0 Å². The molecule has 0 saturated heterocycles. The quantitative estimate of drug-likeness (QED) is 0.639. The summed E-state index contributed by atoms with van der Waals surface area (Å²) in [6.45, 7) is 1.36. The topological polar surface area (TPSA) is 55.4 Å². The number of thioether (sulfide) groups is 1. The van der Waals surface area contributed by atoms with Gasteiger partial charge in [-0.05, 0) is 30.7 Å². The molecule has 1 amide bonds. The monoisotopic (exact) mass is 351 g/mol. The fraction of sp³-hybridized carbons (Fsp3) is 0.176. The second-order valence-electron chi connectivity index (χ2n) is 4.89. The number of hydrogen-bond acceptors (Lipinski definition) is 4. The van der Waals surface area contributed by atoms with Crippen molar-refractivity contribution in [3.8, 4) is 0 Å². The Hall–Kier alpha value is -2.41. The van der Waals surface area contributed by atoms with Gasteiger partial charge in [-0.1, -0.05) is 18.2 Å². The lowest BCUT2D eigenvalue weighted by molar-refractivity contribution is -0.144. The van der Waals surface area contributed by atoms with Crippen LogP contribution in [0.5, 0.6) is 0 Å². The number of halogens is 2. The maximum Gasteiger partial charge on any atom is 0.316 e. The first-order chi connectivity index (χ1) is 11.5. The van der Waals surface area contributed by atoms with Crippen molar-refractivity contribution < 1.29 is 23.1 Å². The van der Waals surface area contributed by atoms with Crippen LogP contribution in [0.4, 0.5) is 14.5 Å². The number of aryl methyl sites for hydroxylation is 1. The van der Waals surface area contributed by atoms with Gasteiger partial charge in [-0.2, -0.15) is 0 Å². The van der Waals surface area contributed by atoms with Gasteiger partial charge in [0.05, 0.1) is 11.4 Å². The van der Waals surface area contributed by atoms with Gasteiger partial charge < -0.3 is 10.1 Å². The molecular weight excluding hydrogens is 336 g/mol. The number of hydrogen-bond donors (Lipinski definition) is 1. The number of benzene rings is 2. The number of carbonyl (C=O) groups is 2. The third kappa shape index (κ3) is 5.34. The zero-order valence-electron chi connectivity index (χ0n) is 12.8. The Bertz CT molecular complexity index is 752. The zero-order valence-corrected chi connectivity index (χ0v) is 13.7.